The average molecular weight is 325 g/mol. The number of aryl methyl sites for hydroxylation is 1. The van der Waals surface area contributed by atoms with Crippen LogP contribution in [0.1, 0.15) is 30.6 Å². The van der Waals surface area contributed by atoms with Gasteiger partial charge in [-0.3, -0.25) is 4.68 Å². The minimum atomic E-state index is -0.713. The van der Waals surface area contributed by atoms with Crippen LogP contribution >= 0.6 is 15.9 Å². The number of nitrogens with zero attached hydrogens (tertiary/aromatic N) is 2. The summed E-state index contributed by atoms with van der Waals surface area (Å²) in [5.41, 5.74) is 1.55. The quantitative estimate of drug-likeness (QED) is 0.919. The van der Waals surface area contributed by atoms with E-state index in [9.17, 15) is 5.11 Å². The molecular formula is C14H17BrN2O2. The van der Waals surface area contributed by atoms with Crippen LogP contribution in [0.5, 0.6) is 5.75 Å². The first-order valence-corrected chi connectivity index (χ1v) is 6.99. The number of benzene rings is 1. The van der Waals surface area contributed by atoms with E-state index in [1.54, 1.807) is 13.3 Å². The fourth-order valence-corrected chi connectivity index (χ4v) is 2.37. The summed E-state index contributed by atoms with van der Waals surface area (Å²) in [6, 6.07) is 5.54. The highest BCUT2D eigenvalue weighted by Gasteiger charge is 2.16. The molecule has 1 atom stereocenters. The first-order chi connectivity index (χ1) is 9.15. The van der Waals surface area contributed by atoms with Gasteiger partial charge in [-0.1, -0.05) is 22.9 Å². The average Bonchev–Trinajstić information content (AvgIpc) is 2.88. The van der Waals surface area contributed by atoms with Crippen molar-refractivity contribution in [1.29, 1.82) is 0 Å². The first kappa shape index (κ1) is 14.1. The molecule has 0 fully saturated rings. The predicted molar refractivity (Wildman–Crippen MR) is 77.3 cm³/mol. The zero-order valence-corrected chi connectivity index (χ0v) is 12.6. The summed E-state index contributed by atoms with van der Waals surface area (Å²) in [7, 11) is 1.61. The number of hydrogen-bond acceptors (Lipinski definition) is 3. The fourth-order valence-electron chi connectivity index (χ4n) is 1.91. The molecule has 1 aromatic carbocycles. The Morgan fingerprint density at radius 2 is 2.26 bits per heavy atom. The molecule has 0 saturated heterocycles. The second kappa shape index (κ2) is 6.21. The van der Waals surface area contributed by atoms with Gasteiger partial charge in [0.05, 0.1) is 13.3 Å². The van der Waals surface area contributed by atoms with E-state index in [4.69, 9.17) is 4.74 Å². The van der Waals surface area contributed by atoms with Crippen LogP contribution in [0, 0.1) is 0 Å². The van der Waals surface area contributed by atoms with Crippen LogP contribution in [-0.2, 0) is 6.54 Å². The van der Waals surface area contributed by atoms with Crippen molar-refractivity contribution in [2.45, 2.75) is 26.0 Å². The van der Waals surface area contributed by atoms with Gasteiger partial charge in [0.15, 0.2) is 0 Å². The lowest BCUT2D eigenvalue weighted by atomic mass is 10.0. The van der Waals surface area contributed by atoms with Crippen molar-refractivity contribution in [2.75, 3.05) is 7.11 Å². The Morgan fingerprint density at radius 3 is 2.95 bits per heavy atom. The lowest BCUT2D eigenvalue weighted by Crippen LogP contribution is -2.01. The maximum Gasteiger partial charge on any atom is 0.119 e. The Bertz CT molecular complexity index is 554. The highest BCUT2D eigenvalue weighted by molar-refractivity contribution is 9.10. The summed E-state index contributed by atoms with van der Waals surface area (Å²) >= 11 is 3.45. The van der Waals surface area contributed by atoms with Crippen LogP contribution in [0.15, 0.2) is 35.1 Å². The normalized spacial score (nSPS) is 12.4. The van der Waals surface area contributed by atoms with Crippen LogP contribution in [0.2, 0.25) is 0 Å². The number of rotatable bonds is 5. The smallest absolute Gasteiger partial charge is 0.119 e. The fraction of sp³-hybridized carbons (Fsp3) is 0.357. The standard InChI is InChI=1S/C14H17BrN2O2/c1-3-6-17-9-10(8-16-17)14(18)12-7-11(19-2)4-5-13(12)15/h4-5,7-9,14,18H,3,6H2,1-2H3. The third-order valence-corrected chi connectivity index (χ3v) is 3.64. The number of aliphatic hydroxyl groups excluding tert-OH is 1. The summed E-state index contributed by atoms with van der Waals surface area (Å²) in [6.45, 7) is 2.95. The number of aliphatic hydroxyl groups is 1. The number of halogens is 1. The van der Waals surface area contributed by atoms with Crippen LogP contribution in [-0.4, -0.2) is 22.0 Å². The summed E-state index contributed by atoms with van der Waals surface area (Å²) < 4.78 is 7.88. The van der Waals surface area contributed by atoms with Crippen molar-refractivity contribution in [3.8, 4) is 5.75 Å². The second-order valence-electron chi connectivity index (χ2n) is 4.33. The summed E-state index contributed by atoms with van der Waals surface area (Å²) in [5.74, 6) is 0.721. The Hall–Kier alpha value is -1.33. The maximum absolute atomic E-state index is 10.4. The maximum atomic E-state index is 10.4. The highest BCUT2D eigenvalue weighted by atomic mass is 79.9. The molecule has 1 heterocycles. The Morgan fingerprint density at radius 1 is 1.47 bits per heavy atom. The van der Waals surface area contributed by atoms with E-state index in [0.717, 1.165) is 34.3 Å². The van der Waals surface area contributed by atoms with Gasteiger partial charge in [-0.2, -0.15) is 5.10 Å². The van der Waals surface area contributed by atoms with E-state index < -0.39 is 6.10 Å². The van der Waals surface area contributed by atoms with Crippen molar-refractivity contribution in [3.63, 3.8) is 0 Å². The van der Waals surface area contributed by atoms with Gasteiger partial charge in [0.2, 0.25) is 0 Å². The molecule has 0 amide bonds. The minimum absolute atomic E-state index is 0.713. The van der Waals surface area contributed by atoms with Crippen molar-refractivity contribution in [1.82, 2.24) is 9.78 Å². The first-order valence-electron chi connectivity index (χ1n) is 6.19. The van der Waals surface area contributed by atoms with Gasteiger partial charge >= 0.3 is 0 Å². The molecule has 102 valence electrons. The van der Waals surface area contributed by atoms with E-state index >= 15 is 0 Å². The van der Waals surface area contributed by atoms with Crippen LogP contribution in [0.4, 0.5) is 0 Å². The molecule has 0 aliphatic carbocycles. The molecule has 5 heteroatoms. The number of ether oxygens (including phenoxy) is 1. The molecule has 1 unspecified atom stereocenters. The second-order valence-corrected chi connectivity index (χ2v) is 5.18. The van der Waals surface area contributed by atoms with Crippen LogP contribution in [0.3, 0.4) is 0 Å². The van der Waals surface area contributed by atoms with E-state index in [-0.39, 0.29) is 0 Å². The summed E-state index contributed by atoms with van der Waals surface area (Å²) in [5, 5.41) is 14.7. The Kier molecular flexibility index (Phi) is 4.61. The third-order valence-electron chi connectivity index (χ3n) is 2.92. The van der Waals surface area contributed by atoms with E-state index in [1.807, 2.05) is 29.1 Å². The molecule has 1 N–H and O–H groups in total. The molecule has 2 rings (SSSR count). The van der Waals surface area contributed by atoms with E-state index in [2.05, 4.69) is 28.0 Å². The molecule has 1 aromatic heterocycles. The predicted octanol–water partition coefficient (Wildman–Crippen LogP) is 3.15. The van der Waals surface area contributed by atoms with Crippen molar-refractivity contribution in [2.24, 2.45) is 0 Å². The number of hydrogen-bond donors (Lipinski definition) is 1. The van der Waals surface area contributed by atoms with E-state index in [1.165, 1.54) is 0 Å². The molecule has 0 aliphatic rings. The highest BCUT2D eigenvalue weighted by Crippen LogP contribution is 2.31. The lowest BCUT2D eigenvalue weighted by Gasteiger charge is -2.12. The van der Waals surface area contributed by atoms with Gasteiger partial charge in [-0.25, -0.2) is 0 Å². The number of methoxy groups -OCH3 is 1. The van der Waals surface area contributed by atoms with E-state index in [0.29, 0.717) is 0 Å². The number of aromatic nitrogens is 2. The lowest BCUT2D eigenvalue weighted by molar-refractivity contribution is 0.219. The molecule has 0 spiro atoms. The Labute approximate surface area is 121 Å². The van der Waals surface area contributed by atoms with Crippen LogP contribution in [0.25, 0.3) is 0 Å². The van der Waals surface area contributed by atoms with Gasteiger partial charge in [0.1, 0.15) is 11.9 Å². The van der Waals surface area contributed by atoms with Crippen LogP contribution < -0.4 is 4.74 Å². The molecular weight excluding hydrogens is 308 g/mol. The van der Waals surface area contributed by atoms with Crippen molar-refractivity contribution < 1.29 is 9.84 Å². The van der Waals surface area contributed by atoms with Gasteiger partial charge in [0.25, 0.3) is 0 Å². The molecule has 19 heavy (non-hydrogen) atoms. The van der Waals surface area contributed by atoms with Gasteiger partial charge in [-0.15, -0.1) is 0 Å². The summed E-state index contributed by atoms with van der Waals surface area (Å²) in [6.07, 6.45) is 3.88. The van der Waals surface area contributed by atoms with Gasteiger partial charge in [0, 0.05) is 28.3 Å². The zero-order chi connectivity index (χ0) is 13.8. The molecule has 0 bridgehead atoms. The molecule has 0 aliphatic heterocycles. The summed E-state index contributed by atoms with van der Waals surface area (Å²) in [4.78, 5) is 0. The molecule has 2 aromatic rings. The molecule has 0 saturated carbocycles. The minimum Gasteiger partial charge on any atom is -0.497 e. The zero-order valence-electron chi connectivity index (χ0n) is 11.0. The van der Waals surface area contributed by atoms with Crippen molar-refractivity contribution >= 4 is 15.9 Å². The van der Waals surface area contributed by atoms with Gasteiger partial charge < -0.3 is 9.84 Å². The topological polar surface area (TPSA) is 47.3 Å². The molecule has 0 radical (unpaired) electrons. The van der Waals surface area contributed by atoms with Crippen molar-refractivity contribution in [3.05, 3.63) is 46.2 Å². The molecule has 4 nitrogen and oxygen atoms in total. The largest absolute Gasteiger partial charge is 0.497 e. The monoisotopic (exact) mass is 324 g/mol. The third kappa shape index (κ3) is 3.16. The SMILES string of the molecule is CCCn1cc(C(O)c2cc(OC)ccc2Br)cn1. The van der Waals surface area contributed by atoms with Gasteiger partial charge in [-0.05, 0) is 24.6 Å². The Balaban J connectivity index is 2.29.